The van der Waals surface area contributed by atoms with Crippen LogP contribution in [0.15, 0.2) is 48.5 Å². The number of para-hydroxylation sites is 1. The summed E-state index contributed by atoms with van der Waals surface area (Å²) in [7, 11) is 3.38. The summed E-state index contributed by atoms with van der Waals surface area (Å²) < 4.78 is 5.17. The third kappa shape index (κ3) is 4.51. The summed E-state index contributed by atoms with van der Waals surface area (Å²) in [5.41, 5.74) is 2.86. The van der Waals surface area contributed by atoms with Gasteiger partial charge >= 0.3 is 0 Å². The van der Waals surface area contributed by atoms with Crippen molar-refractivity contribution in [2.24, 2.45) is 0 Å². The molecule has 6 heteroatoms. The van der Waals surface area contributed by atoms with E-state index in [0.717, 1.165) is 18.5 Å². The van der Waals surface area contributed by atoms with Gasteiger partial charge in [-0.2, -0.15) is 0 Å². The number of benzene rings is 2. The topological polar surface area (TPSA) is 61.9 Å². The Kier molecular flexibility index (Phi) is 6.31. The minimum atomic E-state index is -0.401. The van der Waals surface area contributed by atoms with Crippen molar-refractivity contribution in [2.75, 3.05) is 37.5 Å². The molecule has 1 aliphatic heterocycles. The molecule has 1 atom stereocenters. The molecule has 0 saturated heterocycles. The SMILES string of the molecule is COc1cccc(NC(=O)CN(C)C(C)C(=O)N2CCCc3ccccc32)c1. The Hall–Kier alpha value is -2.86. The summed E-state index contributed by atoms with van der Waals surface area (Å²) in [6.45, 7) is 2.68. The summed E-state index contributed by atoms with van der Waals surface area (Å²) in [6.07, 6.45) is 1.95. The maximum Gasteiger partial charge on any atom is 0.244 e. The lowest BCUT2D eigenvalue weighted by Crippen LogP contribution is -2.49. The van der Waals surface area contributed by atoms with Crippen LogP contribution in [0.4, 0.5) is 11.4 Å². The number of aryl methyl sites for hydroxylation is 1. The third-order valence-corrected chi connectivity index (χ3v) is 5.14. The minimum Gasteiger partial charge on any atom is -0.497 e. The molecule has 0 radical (unpaired) electrons. The lowest BCUT2D eigenvalue weighted by Gasteiger charge is -2.34. The second-order valence-corrected chi connectivity index (χ2v) is 7.09. The van der Waals surface area contributed by atoms with Gasteiger partial charge in [0.1, 0.15) is 5.75 Å². The molecule has 1 unspecified atom stereocenters. The van der Waals surface area contributed by atoms with E-state index in [4.69, 9.17) is 4.74 Å². The van der Waals surface area contributed by atoms with Gasteiger partial charge in [0, 0.05) is 24.0 Å². The van der Waals surface area contributed by atoms with Crippen LogP contribution in [-0.4, -0.2) is 50.0 Å². The number of anilines is 2. The average Bonchev–Trinajstić information content (AvgIpc) is 2.72. The number of fused-ring (bicyclic) bond motifs is 1. The van der Waals surface area contributed by atoms with Gasteiger partial charge < -0.3 is 15.0 Å². The predicted octanol–water partition coefficient (Wildman–Crippen LogP) is 2.93. The fourth-order valence-corrected chi connectivity index (χ4v) is 3.44. The second kappa shape index (κ2) is 8.89. The molecule has 1 heterocycles. The Morgan fingerprint density at radius 3 is 2.79 bits per heavy atom. The van der Waals surface area contributed by atoms with Crippen molar-refractivity contribution in [3.8, 4) is 5.75 Å². The van der Waals surface area contributed by atoms with Crippen molar-refractivity contribution >= 4 is 23.2 Å². The zero-order chi connectivity index (χ0) is 20.1. The van der Waals surface area contributed by atoms with E-state index in [2.05, 4.69) is 11.4 Å². The van der Waals surface area contributed by atoms with Crippen LogP contribution >= 0.6 is 0 Å². The van der Waals surface area contributed by atoms with Gasteiger partial charge in [-0.05, 0) is 50.6 Å². The van der Waals surface area contributed by atoms with E-state index in [1.54, 1.807) is 31.2 Å². The summed E-state index contributed by atoms with van der Waals surface area (Å²) >= 11 is 0. The Morgan fingerprint density at radius 1 is 1.21 bits per heavy atom. The molecule has 1 N–H and O–H groups in total. The van der Waals surface area contributed by atoms with Crippen LogP contribution in [0.3, 0.4) is 0 Å². The molecule has 1 aliphatic rings. The summed E-state index contributed by atoms with van der Waals surface area (Å²) in [5.74, 6) is 0.525. The van der Waals surface area contributed by atoms with Crippen LogP contribution in [0.25, 0.3) is 0 Å². The standard InChI is InChI=1S/C22H27N3O3/c1-16(22(27)25-13-7-9-17-8-4-5-12-20(17)25)24(2)15-21(26)23-18-10-6-11-19(14-18)28-3/h4-6,8,10-12,14,16H,7,9,13,15H2,1-3H3,(H,23,26). The molecular weight excluding hydrogens is 354 g/mol. The van der Waals surface area contributed by atoms with Crippen LogP contribution in [0, 0.1) is 0 Å². The van der Waals surface area contributed by atoms with Crippen molar-refractivity contribution in [3.63, 3.8) is 0 Å². The molecule has 2 amide bonds. The molecule has 2 aromatic carbocycles. The highest BCUT2D eigenvalue weighted by atomic mass is 16.5. The quantitative estimate of drug-likeness (QED) is 0.836. The van der Waals surface area contributed by atoms with E-state index in [0.29, 0.717) is 18.0 Å². The van der Waals surface area contributed by atoms with Crippen molar-refractivity contribution < 1.29 is 14.3 Å². The number of rotatable bonds is 6. The van der Waals surface area contributed by atoms with Crippen LogP contribution in [0.5, 0.6) is 5.75 Å². The number of carbonyl (C=O) groups is 2. The fourth-order valence-electron chi connectivity index (χ4n) is 3.44. The number of carbonyl (C=O) groups excluding carboxylic acids is 2. The zero-order valence-electron chi connectivity index (χ0n) is 16.6. The molecule has 28 heavy (non-hydrogen) atoms. The Labute approximate surface area is 166 Å². The Balaban J connectivity index is 1.61. The summed E-state index contributed by atoms with van der Waals surface area (Å²) in [6, 6.07) is 14.8. The van der Waals surface area contributed by atoms with Gasteiger partial charge in [0.05, 0.1) is 19.7 Å². The monoisotopic (exact) mass is 381 g/mol. The lowest BCUT2D eigenvalue weighted by atomic mass is 10.0. The maximum absolute atomic E-state index is 13.1. The average molecular weight is 381 g/mol. The molecule has 0 aromatic heterocycles. The Morgan fingerprint density at radius 2 is 2.00 bits per heavy atom. The largest absolute Gasteiger partial charge is 0.497 e. The highest BCUT2D eigenvalue weighted by Crippen LogP contribution is 2.27. The van der Waals surface area contributed by atoms with Crippen LogP contribution < -0.4 is 15.0 Å². The van der Waals surface area contributed by atoms with Gasteiger partial charge in [0.15, 0.2) is 0 Å². The highest BCUT2D eigenvalue weighted by molar-refractivity contribution is 5.98. The first-order valence-corrected chi connectivity index (χ1v) is 9.53. The van der Waals surface area contributed by atoms with Crippen molar-refractivity contribution in [2.45, 2.75) is 25.8 Å². The number of nitrogens with zero attached hydrogens (tertiary/aromatic N) is 2. The molecule has 3 rings (SSSR count). The third-order valence-electron chi connectivity index (χ3n) is 5.14. The van der Waals surface area contributed by atoms with E-state index >= 15 is 0 Å². The molecule has 6 nitrogen and oxygen atoms in total. The first-order chi connectivity index (χ1) is 13.5. The molecule has 0 aliphatic carbocycles. The highest BCUT2D eigenvalue weighted by Gasteiger charge is 2.28. The fraction of sp³-hybridized carbons (Fsp3) is 0.364. The number of amides is 2. The first kappa shape index (κ1) is 19.9. The van der Waals surface area contributed by atoms with Gasteiger partial charge in [-0.15, -0.1) is 0 Å². The smallest absolute Gasteiger partial charge is 0.244 e. The van der Waals surface area contributed by atoms with Crippen molar-refractivity contribution in [1.29, 1.82) is 0 Å². The number of hydrogen-bond acceptors (Lipinski definition) is 4. The van der Waals surface area contributed by atoms with E-state index in [9.17, 15) is 9.59 Å². The molecular formula is C22H27N3O3. The van der Waals surface area contributed by atoms with E-state index in [-0.39, 0.29) is 18.4 Å². The van der Waals surface area contributed by atoms with E-state index in [1.165, 1.54) is 5.56 Å². The molecule has 0 saturated carbocycles. The number of nitrogens with one attached hydrogen (secondary N) is 1. The number of hydrogen-bond donors (Lipinski definition) is 1. The Bertz CT molecular complexity index is 852. The molecule has 0 fully saturated rings. The van der Waals surface area contributed by atoms with Crippen LogP contribution in [-0.2, 0) is 16.0 Å². The van der Waals surface area contributed by atoms with Gasteiger partial charge in [0.25, 0.3) is 0 Å². The van der Waals surface area contributed by atoms with E-state index in [1.807, 2.05) is 42.2 Å². The number of likely N-dealkylation sites (N-methyl/N-ethyl adjacent to an activating group) is 1. The van der Waals surface area contributed by atoms with Gasteiger partial charge in [-0.1, -0.05) is 24.3 Å². The number of ether oxygens (including phenoxy) is 1. The van der Waals surface area contributed by atoms with Crippen LogP contribution in [0.1, 0.15) is 18.9 Å². The van der Waals surface area contributed by atoms with Crippen LogP contribution in [0.2, 0.25) is 0 Å². The van der Waals surface area contributed by atoms with E-state index < -0.39 is 6.04 Å². The molecule has 0 spiro atoms. The normalized spacial score (nSPS) is 14.4. The molecule has 2 aromatic rings. The minimum absolute atomic E-state index is 0.0174. The first-order valence-electron chi connectivity index (χ1n) is 9.53. The van der Waals surface area contributed by atoms with Gasteiger partial charge in [-0.3, -0.25) is 14.5 Å². The van der Waals surface area contributed by atoms with Crippen molar-refractivity contribution in [1.82, 2.24) is 4.90 Å². The van der Waals surface area contributed by atoms with Gasteiger partial charge in [-0.25, -0.2) is 0 Å². The molecule has 0 bridgehead atoms. The van der Waals surface area contributed by atoms with Crippen molar-refractivity contribution in [3.05, 3.63) is 54.1 Å². The molecule has 148 valence electrons. The maximum atomic E-state index is 13.1. The number of methoxy groups -OCH3 is 1. The van der Waals surface area contributed by atoms with Gasteiger partial charge in [0.2, 0.25) is 11.8 Å². The second-order valence-electron chi connectivity index (χ2n) is 7.09. The zero-order valence-corrected chi connectivity index (χ0v) is 16.6. The summed E-state index contributed by atoms with van der Waals surface area (Å²) in [5, 5.41) is 2.85. The predicted molar refractivity (Wildman–Crippen MR) is 111 cm³/mol. The summed E-state index contributed by atoms with van der Waals surface area (Å²) in [4.78, 5) is 29.1. The lowest BCUT2D eigenvalue weighted by molar-refractivity contribution is -0.124.